The van der Waals surface area contributed by atoms with E-state index in [1.165, 1.54) is 7.11 Å². The second kappa shape index (κ2) is 7.89. The van der Waals surface area contributed by atoms with Gasteiger partial charge in [-0.1, -0.05) is 12.1 Å². The highest BCUT2D eigenvalue weighted by Crippen LogP contribution is 2.22. The molecule has 1 aliphatic rings. The lowest BCUT2D eigenvalue weighted by Gasteiger charge is -2.26. The summed E-state index contributed by atoms with van der Waals surface area (Å²) < 4.78 is 12.5. The summed E-state index contributed by atoms with van der Waals surface area (Å²) in [5, 5.41) is 0. The number of benzene rings is 2. The van der Waals surface area contributed by atoms with Crippen molar-refractivity contribution in [2.45, 2.75) is 13.1 Å². The molecule has 0 bridgehead atoms. The lowest BCUT2D eigenvalue weighted by Crippen LogP contribution is -2.36. The van der Waals surface area contributed by atoms with Gasteiger partial charge in [-0.15, -0.1) is 0 Å². The van der Waals surface area contributed by atoms with Gasteiger partial charge in [0.25, 0.3) is 0 Å². The van der Waals surface area contributed by atoms with Crippen molar-refractivity contribution in [3.05, 3.63) is 59.7 Å². The Balaban J connectivity index is 1.55. The first-order chi connectivity index (χ1) is 14.7. The minimum absolute atomic E-state index is 0.363. The molecule has 8 heteroatoms. The SMILES string of the molecule is COC(=O)c1ccc2c(c1)nc(CN1CCOCC1)n2Cc1nc2ccccc2[nH]1. The Labute approximate surface area is 173 Å². The minimum Gasteiger partial charge on any atom is -0.465 e. The maximum atomic E-state index is 12.0. The van der Waals surface area contributed by atoms with Gasteiger partial charge in [0.1, 0.15) is 11.6 Å². The van der Waals surface area contributed by atoms with Crippen LogP contribution in [0.3, 0.4) is 0 Å². The third kappa shape index (κ3) is 3.55. The molecule has 3 heterocycles. The Morgan fingerprint density at radius 3 is 2.73 bits per heavy atom. The number of esters is 1. The molecule has 1 N–H and O–H groups in total. The van der Waals surface area contributed by atoms with E-state index in [1.54, 1.807) is 12.1 Å². The fourth-order valence-corrected chi connectivity index (χ4v) is 3.91. The number of imidazole rings is 2. The van der Waals surface area contributed by atoms with Crippen molar-refractivity contribution in [2.75, 3.05) is 33.4 Å². The molecule has 0 unspecified atom stereocenters. The largest absolute Gasteiger partial charge is 0.465 e. The number of carbonyl (C=O) groups excluding carboxylic acids is 1. The van der Waals surface area contributed by atoms with E-state index in [0.717, 1.165) is 60.0 Å². The van der Waals surface area contributed by atoms with Crippen LogP contribution < -0.4 is 0 Å². The third-order valence-corrected chi connectivity index (χ3v) is 5.46. The standard InChI is InChI=1S/C22H23N5O3/c1-29-22(28)15-6-7-19-18(12-15)25-21(14-26-8-10-30-11-9-26)27(19)13-20-23-16-4-2-3-5-17(16)24-20/h2-7,12H,8-11,13-14H2,1H3,(H,23,24). The van der Waals surface area contributed by atoms with Gasteiger partial charge in [0, 0.05) is 13.1 Å². The highest BCUT2D eigenvalue weighted by atomic mass is 16.5. The van der Waals surface area contributed by atoms with Gasteiger partial charge in [-0.3, -0.25) is 4.90 Å². The molecular formula is C22H23N5O3. The Morgan fingerprint density at radius 1 is 1.10 bits per heavy atom. The lowest BCUT2D eigenvalue weighted by molar-refractivity contribution is 0.0327. The summed E-state index contributed by atoms with van der Waals surface area (Å²) in [5.41, 5.74) is 4.19. The lowest BCUT2D eigenvalue weighted by atomic mass is 10.2. The summed E-state index contributed by atoms with van der Waals surface area (Å²) in [6.07, 6.45) is 0. The monoisotopic (exact) mass is 405 g/mol. The second-order valence-corrected chi connectivity index (χ2v) is 7.40. The number of H-pyrrole nitrogens is 1. The number of nitrogens with one attached hydrogen (secondary N) is 1. The summed E-state index contributed by atoms with van der Waals surface area (Å²) in [4.78, 5) is 27.3. The van der Waals surface area contributed by atoms with Crippen LogP contribution in [0.15, 0.2) is 42.5 Å². The van der Waals surface area contributed by atoms with Crippen molar-refractivity contribution in [2.24, 2.45) is 0 Å². The van der Waals surface area contributed by atoms with Crippen LogP contribution in [-0.2, 0) is 22.6 Å². The van der Waals surface area contributed by atoms with Crippen LogP contribution in [0.5, 0.6) is 0 Å². The van der Waals surface area contributed by atoms with Crippen molar-refractivity contribution in [1.82, 2.24) is 24.4 Å². The number of hydrogen-bond acceptors (Lipinski definition) is 6. The molecule has 4 aromatic rings. The summed E-state index contributed by atoms with van der Waals surface area (Å²) in [5.74, 6) is 1.45. The van der Waals surface area contributed by atoms with Crippen molar-refractivity contribution < 1.29 is 14.3 Å². The van der Waals surface area contributed by atoms with E-state index in [2.05, 4.69) is 14.5 Å². The zero-order valence-corrected chi connectivity index (χ0v) is 16.8. The Hall–Kier alpha value is -3.23. The Kier molecular flexibility index (Phi) is 4.94. The predicted molar refractivity (Wildman–Crippen MR) is 112 cm³/mol. The van der Waals surface area contributed by atoms with Crippen LogP contribution in [0.1, 0.15) is 22.0 Å². The van der Waals surface area contributed by atoms with Crippen LogP contribution in [0.25, 0.3) is 22.1 Å². The molecule has 0 spiro atoms. The van der Waals surface area contributed by atoms with Gasteiger partial charge >= 0.3 is 5.97 Å². The summed E-state index contributed by atoms with van der Waals surface area (Å²) >= 11 is 0. The van der Waals surface area contributed by atoms with Crippen LogP contribution in [0, 0.1) is 0 Å². The first-order valence-electron chi connectivity index (χ1n) is 10.0. The molecule has 5 rings (SSSR count). The number of nitrogens with zero attached hydrogens (tertiary/aromatic N) is 4. The summed E-state index contributed by atoms with van der Waals surface area (Å²) in [6.45, 7) is 4.50. The topological polar surface area (TPSA) is 85.3 Å². The van der Waals surface area contributed by atoms with Crippen LogP contribution in [-0.4, -0.2) is 63.8 Å². The number of carbonyl (C=O) groups is 1. The molecule has 0 radical (unpaired) electrons. The number of fused-ring (bicyclic) bond motifs is 2. The van der Waals surface area contributed by atoms with Gasteiger partial charge in [-0.05, 0) is 30.3 Å². The van der Waals surface area contributed by atoms with Gasteiger partial charge in [0.05, 0.1) is 61.0 Å². The molecule has 2 aromatic carbocycles. The molecule has 0 saturated carbocycles. The maximum absolute atomic E-state index is 12.0. The average Bonchev–Trinajstić information content (AvgIpc) is 3.34. The van der Waals surface area contributed by atoms with Crippen LogP contribution in [0.4, 0.5) is 0 Å². The van der Waals surface area contributed by atoms with Gasteiger partial charge in [-0.2, -0.15) is 0 Å². The molecular weight excluding hydrogens is 382 g/mol. The molecule has 154 valence electrons. The van der Waals surface area contributed by atoms with Crippen molar-refractivity contribution in [3.8, 4) is 0 Å². The molecule has 2 aromatic heterocycles. The fourth-order valence-electron chi connectivity index (χ4n) is 3.91. The predicted octanol–water partition coefficient (Wildman–Crippen LogP) is 2.58. The average molecular weight is 405 g/mol. The highest BCUT2D eigenvalue weighted by Gasteiger charge is 2.19. The zero-order chi connectivity index (χ0) is 20.5. The quantitative estimate of drug-likeness (QED) is 0.514. The number of aromatic nitrogens is 4. The molecule has 30 heavy (non-hydrogen) atoms. The number of para-hydroxylation sites is 2. The normalized spacial score (nSPS) is 15.1. The first-order valence-corrected chi connectivity index (χ1v) is 10.0. The van der Waals surface area contributed by atoms with E-state index >= 15 is 0 Å². The molecule has 1 aliphatic heterocycles. The van der Waals surface area contributed by atoms with Crippen molar-refractivity contribution >= 4 is 28.0 Å². The minimum atomic E-state index is -0.363. The zero-order valence-electron chi connectivity index (χ0n) is 16.8. The smallest absolute Gasteiger partial charge is 0.337 e. The Bertz CT molecular complexity index is 1170. The van der Waals surface area contributed by atoms with E-state index in [1.807, 2.05) is 30.3 Å². The number of ether oxygens (including phenoxy) is 2. The van der Waals surface area contributed by atoms with E-state index in [9.17, 15) is 4.79 Å². The van der Waals surface area contributed by atoms with Crippen molar-refractivity contribution in [1.29, 1.82) is 0 Å². The van der Waals surface area contributed by atoms with Gasteiger partial charge < -0.3 is 19.0 Å². The van der Waals surface area contributed by atoms with E-state index < -0.39 is 0 Å². The molecule has 0 aliphatic carbocycles. The molecule has 1 saturated heterocycles. The van der Waals surface area contributed by atoms with E-state index in [-0.39, 0.29) is 5.97 Å². The number of methoxy groups -OCH3 is 1. The summed E-state index contributed by atoms with van der Waals surface area (Å²) in [6, 6.07) is 13.5. The van der Waals surface area contributed by atoms with Crippen molar-refractivity contribution in [3.63, 3.8) is 0 Å². The van der Waals surface area contributed by atoms with Gasteiger partial charge in [0.2, 0.25) is 0 Å². The number of hydrogen-bond donors (Lipinski definition) is 1. The second-order valence-electron chi connectivity index (χ2n) is 7.40. The molecule has 0 amide bonds. The summed E-state index contributed by atoms with van der Waals surface area (Å²) in [7, 11) is 1.39. The van der Waals surface area contributed by atoms with Gasteiger partial charge in [-0.25, -0.2) is 14.8 Å². The number of rotatable bonds is 5. The molecule has 1 fully saturated rings. The van der Waals surface area contributed by atoms with E-state index in [0.29, 0.717) is 18.7 Å². The maximum Gasteiger partial charge on any atom is 0.337 e. The van der Waals surface area contributed by atoms with E-state index in [4.69, 9.17) is 19.4 Å². The molecule has 8 nitrogen and oxygen atoms in total. The number of morpholine rings is 1. The molecule has 0 atom stereocenters. The fraction of sp³-hybridized carbons (Fsp3) is 0.318. The highest BCUT2D eigenvalue weighted by molar-refractivity contribution is 5.93. The van der Waals surface area contributed by atoms with Gasteiger partial charge in [0.15, 0.2) is 0 Å². The van der Waals surface area contributed by atoms with Crippen LogP contribution >= 0.6 is 0 Å². The Morgan fingerprint density at radius 2 is 1.93 bits per heavy atom. The first kappa shape index (κ1) is 18.8. The number of aromatic amines is 1. The third-order valence-electron chi connectivity index (χ3n) is 5.46. The van der Waals surface area contributed by atoms with Crippen LogP contribution in [0.2, 0.25) is 0 Å².